The van der Waals surface area contributed by atoms with Gasteiger partial charge in [-0.2, -0.15) is 5.10 Å². The lowest BCUT2D eigenvalue weighted by atomic mass is 9.89. The van der Waals surface area contributed by atoms with Gasteiger partial charge < -0.3 is 10.6 Å². The second-order valence-corrected chi connectivity index (χ2v) is 13.3. The van der Waals surface area contributed by atoms with E-state index in [2.05, 4.69) is 30.7 Å². The van der Waals surface area contributed by atoms with E-state index in [0.29, 0.717) is 23.3 Å². The van der Waals surface area contributed by atoms with Gasteiger partial charge in [0.15, 0.2) is 0 Å². The highest BCUT2D eigenvalue weighted by Crippen LogP contribution is 2.46. The molecule has 41 heavy (non-hydrogen) atoms. The number of rotatable bonds is 9. The molecule has 3 atom stereocenters. The molecule has 3 aliphatic rings. The maximum Gasteiger partial charge on any atom is 0.282 e. The smallest absolute Gasteiger partial charge is 0.282 e. The molecule has 0 aromatic carbocycles. The molecule has 0 saturated heterocycles. The van der Waals surface area contributed by atoms with E-state index in [4.69, 9.17) is 0 Å². The summed E-state index contributed by atoms with van der Waals surface area (Å²) in [5, 5.41) is 17.2. The van der Waals surface area contributed by atoms with Gasteiger partial charge in [0, 0.05) is 42.9 Å². The van der Waals surface area contributed by atoms with Gasteiger partial charge in [-0.15, -0.1) is 21.5 Å². The summed E-state index contributed by atoms with van der Waals surface area (Å²) >= 11 is 1.07. The molecule has 0 unspecified atom stereocenters. The standard InChI is InChI=1S/C23H25F5N8O3S2/c1-35-17(6-15(33-35)19(25)26)30-22-32-29-9-36(22)11-2-3-16-13(4-11)18(21(40-16)31-20(37)12-5-14(12)24)41(38,39)34-10-7-23(27,28)8-10/h6,9-12,14,19,34H,2-5,7-8H2,1H3,(H,30,32)(H,31,37)/t11-,12-,14-/m0/s1. The largest absolute Gasteiger partial charge is 0.316 e. The highest BCUT2D eigenvalue weighted by Gasteiger charge is 2.48. The summed E-state index contributed by atoms with van der Waals surface area (Å²) in [6.45, 7) is 0. The van der Waals surface area contributed by atoms with Gasteiger partial charge in [0.1, 0.15) is 33.9 Å². The number of nitrogens with one attached hydrogen (secondary N) is 3. The zero-order chi connectivity index (χ0) is 29.3. The maximum absolute atomic E-state index is 13.5. The topological polar surface area (TPSA) is 136 Å². The number of thiophene rings is 1. The summed E-state index contributed by atoms with van der Waals surface area (Å²) in [6, 6.07) is -0.155. The molecule has 0 spiro atoms. The second kappa shape index (κ2) is 10.0. The van der Waals surface area contributed by atoms with Gasteiger partial charge in [0.2, 0.25) is 21.9 Å². The van der Waals surface area contributed by atoms with Gasteiger partial charge in [0.05, 0.1) is 5.92 Å². The Morgan fingerprint density at radius 2 is 2.00 bits per heavy atom. The zero-order valence-electron chi connectivity index (χ0n) is 21.5. The summed E-state index contributed by atoms with van der Waals surface area (Å²) in [7, 11) is -2.86. The van der Waals surface area contributed by atoms with Crippen molar-refractivity contribution in [1.29, 1.82) is 0 Å². The Kier molecular flexibility index (Phi) is 6.84. The lowest BCUT2D eigenvalue weighted by Gasteiger charge is -2.35. The summed E-state index contributed by atoms with van der Waals surface area (Å²) < 4.78 is 98.9. The Hall–Kier alpha value is -3.12. The number of amides is 1. The van der Waals surface area contributed by atoms with Crippen LogP contribution in [0.1, 0.15) is 54.3 Å². The molecule has 2 fully saturated rings. The van der Waals surface area contributed by atoms with E-state index in [9.17, 15) is 35.2 Å². The van der Waals surface area contributed by atoms with E-state index in [0.717, 1.165) is 11.3 Å². The normalized spacial score (nSPS) is 23.7. The average Bonchev–Trinajstić information content (AvgIpc) is 3.19. The van der Waals surface area contributed by atoms with Crippen LogP contribution in [0.3, 0.4) is 0 Å². The molecule has 3 aliphatic carbocycles. The van der Waals surface area contributed by atoms with Crippen LogP contribution in [0.25, 0.3) is 0 Å². The van der Waals surface area contributed by atoms with Crippen LogP contribution in [0.15, 0.2) is 17.3 Å². The SMILES string of the molecule is Cn1nc(C(F)F)cc1Nc1nncn1[C@H]1CCc2sc(NC(=O)[C@H]3C[C@@H]3F)c(S(=O)(=O)NC3CC(F)(F)C3)c2C1. The van der Waals surface area contributed by atoms with E-state index in [1.807, 2.05) is 0 Å². The van der Waals surface area contributed by atoms with Crippen molar-refractivity contribution in [3.63, 3.8) is 0 Å². The van der Waals surface area contributed by atoms with E-state index < -0.39 is 64.9 Å². The third-order valence-electron chi connectivity index (χ3n) is 7.48. The summed E-state index contributed by atoms with van der Waals surface area (Å²) in [5.74, 6) is -3.99. The minimum absolute atomic E-state index is 0.0230. The highest BCUT2D eigenvalue weighted by atomic mass is 32.2. The summed E-state index contributed by atoms with van der Waals surface area (Å²) in [5.41, 5.74) is -0.0130. The van der Waals surface area contributed by atoms with Gasteiger partial charge in [-0.25, -0.2) is 35.1 Å². The molecule has 0 aliphatic heterocycles. The fourth-order valence-electron chi connectivity index (χ4n) is 5.23. The molecular weight excluding hydrogens is 595 g/mol. The van der Waals surface area contributed by atoms with E-state index in [1.54, 1.807) is 4.57 Å². The van der Waals surface area contributed by atoms with Gasteiger partial charge in [-0.05, 0) is 31.2 Å². The Balaban J connectivity index is 1.29. The first-order chi connectivity index (χ1) is 19.3. The van der Waals surface area contributed by atoms with E-state index in [1.165, 1.54) is 24.1 Å². The maximum atomic E-state index is 13.5. The van der Waals surface area contributed by atoms with Crippen molar-refractivity contribution in [3.8, 4) is 0 Å². The molecule has 2 saturated carbocycles. The Morgan fingerprint density at radius 3 is 2.63 bits per heavy atom. The summed E-state index contributed by atoms with van der Waals surface area (Å²) in [6.07, 6.45) is -2.75. The minimum Gasteiger partial charge on any atom is -0.316 e. The monoisotopic (exact) mass is 620 g/mol. The van der Waals surface area contributed by atoms with Gasteiger partial charge in [0.25, 0.3) is 12.3 Å². The number of carbonyl (C=O) groups excluding carboxylic acids is 1. The first-order valence-corrected chi connectivity index (χ1v) is 15.1. The molecule has 0 radical (unpaired) electrons. The number of anilines is 3. The number of carbonyl (C=O) groups is 1. The van der Waals surface area contributed by atoms with Crippen molar-refractivity contribution in [1.82, 2.24) is 29.3 Å². The molecule has 18 heteroatoms. The molecule has 222 valence electrons. The number of hydrogen-bond acceptors (Lipinski definition) is 8. The van der Waals surface area contributed by atoms with Crippen molar-refractivity contribution in [3.05, 3.63) is 28.5 Å². The molecule has 3 heterocycles. The number of fused-ring (bicyclic) bond motifs is 1. The van der Waals surface area contributed by atoms with Gasteiger partial charge in [-0.1, -0.05) is 0 Å². The van der Waals surface area contributed by atoms with Crippen LogP contribution in [-0.2, 0) is 34.7 Å². The molecule has 3 aromatic heterocycles. The Labute approximate surface area is 234 Å². The van der Waals surface area contributed by atoms with E-state index >= 15 is 0 Å². The van der Waals surface area contributed by atoms with Crippen molar-refractivity contribution < 1.29 is 35.2 Å². The fourth-order valence-corrected chi connectivity index (χ4v) is 8.44. The first-order valence-electron chi connectivity index (χ1n) is 12.8. The highest BCUT2D eigenvalue weighted by molar-refractivity contribution is 7.90. The molecule has 11 nitrogen and oxygen atoms in total. The zero-order valence-corrected chi connectivity index (χ0v) is 23.1. The lowest BCUT2D eigenvalue weighted by Crippen LogP contribution is -2.50. The molecule has 1 amide bonds. The van der Waals surface area contributed by atoms with Gasteiger partial charge >= 0.3 is 0 Å². The third kappa shape index (κ3) is 5.43. The van der Waals surface area contributed by atoms with Crippen LogP contribution in [0.4, 0.5) is 38.7 Å². The number of aromatic nitrogens is 5. The van der Waals surface area contributed by atoms with Crippen molar-refractivity contribution in [2.75, 3.05) is 10.6 Å². The minimum atomic E-state index is -4.35. The van der Waals surface area contributed by atoms with Crippen molar-refractivity contribution >= 4 is 44.0 Å². The number of alkyl halides is 5. The van der Waals surface area contributed by atoms with Crippen molar-refractivity contribution in [2.24, 2.45) is 13.0 Å². The number of nitrogens with zero attached hydrogens (tertiary/aromatic N) is 5. The average molecular weight is 621 g/mol. The van der Waals surface area contributed by atoms with Crippen LogP contribution in [0.5, 0.6) is 0 Å². The van der Waals surface area contributed by atoms with Gasteiger partial charge in [-0.3, -0.25) is 14.0 Å². The number of sulfonamides is 1. The predicted octanol–water partition coefficient (Wildman–Crippen LogP) is 3.86. The molecular formula is C23H25F5N8O3S2. The van der Waals surface area contributed by atoms with Crippen LogP contribution >= 0.6 is 11.3 Å². The third-order valence-corrected chi connectivity index (χ3v) is 10.4. The summed E-state index contributed by atoms with van der Waals surface area (Å²) in [4.78, 5) is 13.0. The Bertz CT molecular complexity index is 1600. The number of halogens is 5. The number of aryl methyl sites for hydroxylation is 2. The van der Waals surface area contributed by atoms with Crippen molar-refractivity contribution in [2.45, 2.75) is 74.0 Å². The molecule has 6 rings (SSSR count). The fraction of sp³-hybridized carbons (Fsp3) is 0.565. The quantitative estimate of drug-likeness (QED) is 0.309. The van der Waals surface area contributed by atoms with Crippen LogP contribution in [-0.4, -0.2) is 57.0 Å². The first kappa shape index (κ1) is 28.0. The lowest BCUT2D eigenvalue weighted by molar-refractivity contribution is -0.117. The Morgan fingerprint density at radius 1 is 1.27 bits per heavy atom. The second-order valence-electron chi connectivity index (χ2n) is 10.6. The molecule has 0 bridgehead atoms. The molecule has 3 N–H and O–H groups in total. The number of hydrogen-bond donors (Lipinski definition) is 3. The van der Waals surface area contributed by atoms with Crippen LogP contribution in [0.2, 0.25) is 0 Å². The predicted molar refractivity (Wildman–Crippen MR) is 137 cm³/mol. The van der Waals surface area contributed by atoms with E-state index in [-0.39, 0.29) is 40.5 Å². The van der Waals surface area contributed by atoms with Crippen LogP contribution < -0.4 is 15.4 Å². The molecule has 3 aromatic rings. The van der Waals surface area contributed by atoms with Crippen LogP contribution in [0, 0.1) is 5.92 Å².